The first-order valence-electron chi connectivity index (χ1n) is 6.34. The molecule has 1 heterocycles. The van der Waals surface area contributed by atoms with E-state index in [-0.39, 0.29) is 5.82 Å². The van der Waals surface area contributed by atoms with Gasteiger partial charge in [0.2, 0.25) is 0 Å². The summed E-state index contributed by atoms with van der Waals surface area (Å²) in [6.07, 6.45) is -6.88. The number of alkyl halides is 3. The number of hydrogen-bond acceptors (Lipinski definition) is 3. The van der Waals surface area contributed by atoms with Gasteiger partial charge in [-0.05, 0) is 24.3 Å². The molecule has 1 aromatic rings. The molecule has 1 saturated heterocycles. The highest BCUT2D eigenvalue weighted by Gasteiger charge is 2.39. The van der Waals surface area contributed by atoms with E-state index in [1.165, 1.54) is 12.1 Å². The Morgan fingerprint density at radius 3 is 2.10 bits per heavy atom. The first-order valence-corrected chi connectivity index (χ1v) is 6.34. The average Bonchev–Trinajstić information content (AvgIpc) is 2.39. The molecule has 0 radical (unpaired) electrons. The summed E-state index contributed by atoms with van der Waals surface area (Å²) < 4.78 is 49.6. The Morgan fingerprint density at radius 2 is 1.60 bits per heavy atom. The molecular formula is C13H16F4N2O. The molecule has 1 atom stereocenters. The fourth-order valence-electron chi connectivity index (χ4n) is 2.19. The lowest BCUT2D eigenvalue weighted by Crippen LogP contribution is -2.50. The van der Waals surface area contributed by atoms with Crippen molar-refractivity contribution in [2.24, 2.45) is 0 Å². The molecule has 112 valence electrons. The molecule has 3 nitrogen and oxygen atoms in total. The molecule has 7 heteroatoms. The van der Waals surface area contributed by atoms with Gasteiger partial charge in [-0.2, -0.15) is 13.2 Å². The summed E-state index contributed by atoms with van der Waals surface area (Å²) in [7, 11) is 0. The van der Waals surface area contributed by atoms with Crippen LogP contribution in [0, 0.1) is 5.82 Å². The van der Waals surface area contributed by atoms with Crippen LogP contribution >= 0.6 is 0 Å². The van der Waals surface area contributed by atoms with Crippen LogP contribution in [0.2, 0.25) is 0 Å². The molecule has 1 aliphatic rings. The van der Waals surface area contributed by atoms with E-state index in [1.54, 1.807) is 17.0 Å². The van der Waals surface area contributed by atoms with Crippen LogP contribution in [0.3, 0.4) is 0 Å². The topological polar surface area (TPSA) is 26.7 Å². The van der Waals surface area contributed by atoms with Gasteiger partial charge in [0.1, 0.15) is 5.82 Å². The number of nitrogens with zero attached hydrogens (tertiary/aromatic N) is 2. The molecule has 1 aliphatic heterocycles. The van der Waals surface area contributed by atoms with Crippen molar-refractivity contribution in [3.05, 3.63) is 30.1 Å². The van der Waals surface area contributed by atoms with Gasteiger partial charge < -0.3 is 10.0 Å². The average molecular weight is 292 g/mol. The normalized spacial score (nSPS) is 19.1. The Balaban J connectivity index is 1.85. The van der Waals surface area contributed by atoms with Crippen LogP contribution in [0.25, 0.3) is 0 Å². The standard InChI is InChI=1S/C13H16F4N2O/c14-10-1-3-11(4-2-10)19-7-5-18(6-8-19)9-12(20)13(15,16)17/h1-4,12,20H,5-9H2/t12-/m1/s1. The highest BCUT2D eigenvalue weighted by molar-refractivity contribution is 5.46. The third-order valence-electron chi connectivity index (χ3n) is 3.37. The molecule has 20 heavy (non-hydrogen) atoms. The SMILES string of the molecule is O[C@H](CN1CCN(c2ccc(F)cc2)CC1)C(F)(F)F. The van der Waals surface area contributed by atoms with Gasteiger partial charge in [0, 0.05) is 38.4 Å². The number of rotatable bonds is 3. The highest BCUT2D eigenvalue weighted by atomic mass is 19.4. The summed E-state index contributed by atoms with van der Waals surface area (Å²) in [6, 6.07) is 6.01. The number of anilines is 1. The van der Waals surface area contributed by atoms with Gasteiger partial charge in [-0.1, -0.05) is 0 Å². The molecular weight excluding hydrogens is 276 g/mol. The lowest BCUT2D eigenvalue weighted by atomic mass is 10.2. The van der Waals surface area contributed by atoms with Crippen LogP contribution in [0.15, 0.2) is 24.3 Å². The van der Waals surface area contributed by atoms with Crippen molar-refractivity contribution in [2.75, 3.05) is 37.6 Å². The maximum absolute atomic E-state index is 12.8. The second-order valence-corrected chi connectivity index (χ2v) is 4.82. The van der Waals surface area contributed by atoms with Gasteiger partial charge in [-0.25, -0.2) is 4.39 Å². The zero-order valence-electron chi connectivity index (χ0n) is 10.8. The zero-order valence-corrected chi connectivity index (χ0v) is 10.8. The van der Waals surface area contributed by atoms with Gasteiger partial charge in [-0.3, -0.25) is 4.90 Å². The predicted octanol–water partition coefficient (Wildman–Crippen LogP) is 1.87. The van der Waals surface area contributed by atoms with Crippen molar-refractivity contribution in [3.63, 3.8) is 0 Å². The van der Waals surface area contributed by atoms with E-state index < -0.39 is 18.8 Å². The van der Waals surface area contributed by atoms with E-state index in [2.05, 4.69) is 0 Å². The van der Waals surface area contributed by atoms with Crippen molar-refractivity contribution in [1.29, 1.82) is 0 Å². The van der Waals surface area contributed by atoms with E-state index >= 15 is 0 Å². The predicted molar refractivity (Wildman–Crippen MR) is 67.1 cm³/mol. The fourth-order valence-corrected chi connectivity index (χ4v) is 2.19. The van der Waals surface area contributed by atoms with Crippen molar-refractivity contribution in [2.45, 2.75) is 12.3 Å². The minimum atomic E-state index is -4.58. The highest BCUT2D eigenvalue weighted by Crippen LogP contribution is 2.22. The van der Waals surface area contributed by atoms with Crippen molar-refractivity contribution in [1.82, 2.24) is 4.90 Å². The molecule has 2 rings (SSSR count). The quantitative estimate of drug-likeness (QED) is 0.862. The van der Waals surface area contributed by atoms with Crippen LogP contribution in [0.4, 0.5) is 23.2 Å². The number of aliphatic hydroxyl groups excluding tert-OH is 1. The Bertz CT molecular complexity index is 427. The number of aliphatic hydroxyl groups is 1. The number of hydrogen-bond donors (Lipinski definition) is 1. The number of piperazine rings is 1. The van der Waals surface area contributed by atoms with Crippen LogP contribution < -0.4 is 4.90 Å². The molecule has 1 N–H and O–H groups in total. The van der Waals surface area contributed by atoms with Crippen molar-refractivity contribution < 1.29 is 22.7 Å². The lowest BCUT2D eigenvalue weighted by molar-refractivity contribution is -0.208. The first kappa shape index (κ1) is 15.1. The Morgan fingerprint density at radius 1 is 1.05 bits per heavy atom. The minimum absolute atomic E-state index is 0.319. The maximum atomic E-state index is 12.8. The van der Waals surface area contributed by atoms with Gasteiger partial charge in [0.05, 0.1) is 0 Å². The monoisotopic (exact) mass is 292 g/mol. The van der Waals surface area contributed by atoms with E-state index in [4.69, 9.17) is 5.11 Å². The summed E-state index contributed by atoms with van der Waals surface area (Å²) >= 11 is 0. The number of halogens is 4. The van der Waals surface area contributed by atoms with E-state index in [0.29, 0.717) is 26.2 Å². The molecule has 0 amide bonds. The maximum Gasteiger partial charge on any atom is 0.415 e. The van der Waals surface area contributed by atoms with Crippen molar-refractivity contribution >= 4 is 5.69 Å². The Hall–Kier alpha value is -1.34. The molecule has 1 fully saturated rings. The smallest absolute Gasteiger partial charge is 0.382 e. The Labute approximate surface area is 114 Å². The van der Waals surface area contributed by atoms with Crippen molar-refractivity contribution in [3.8, 4) is 0 Å². The zero-order chi connectivity index (χ0) is 14.8. The molecule has 0 unspecified atom stereocenters. The summed E-state index contributed by atoms with van der Waals surface area (Å²) in [5.41, 5.74) is 0.849. The molecule has 0 saturated carbocycles. The second-order valence-electron chi connectivity index (χ2n) is 4.82. The van der Waals surface area contributed by atoms with Gasteiger partial charge in [0.25, 0.3) is 0 Å². The molecule has 0 aliphatic carbocycles. The second kappa shape index (κ2) is 5.97. The first-order chi connectivity index (χ1) is 9.36. The molecule has 0 bridgehead atoms. The van der Waals surface area contributed by atoms with Gasteiger partial charge in [-0.15, -0.1) is 0 Å². The third-order valence-corrected chi connectivity index (χ3v) is 3.37. The van der Waals surface area contributed by atoms with E-state index in [9.17, 15) is 17.6 Å². The van der Waals surface area contributed by atoms with Crippen LogP contribution in [-0.4, -0.2) is 55.0 Å². The molecule has 0 spiro atoms. The Kier molecular flexibility index (Phi) is 4.49. The summed E-state index contributed by atoms with van der Waals surface area (Å²) in [4.78, 5) is 3.56. The summed E-state index contributed by atoms with van der Waals surface area (Å²) in [6.45, 7) is 1.57. The minimum Gasteiger partial charge on any atom is -0.382 e. The van der Waals surface area contributed by atoms with Crippen LogP contribution in [0.5, 0.6) is 0 Å². The van der Waals surface area contributed by atoms with E-state index in [1.807, 2.05) is 4.90 Å². The van der Waals surface area contributed by atoms with Crippen LogP contribution in [-0.2, 0) is 0 Å². The third kappa shape index (κ3) is 3.83. The van der Waals surface area contributed by atoms with Gasteiger partial charge >= 0.3 is 6.18 Å². The largest absolute Gasteiger partial charge is 0.415 e. The molecule has 0 aromatic heterocycles. The summed E-state index contributed by atoms with van der Waals surface area (Å²) in [5, 5.41) is 9.03. The number of β-amino-alcohol motifs (C(OH)–C–C–N with tert-alkyl or cyclic N) is 1. The van der Waals surface area contributed by atoms with E-state index in [0.717, 1.165) is 5.69 Å². The van der Waals surface area contributed by atoms with Gasteiger partial charge in [0.15, 0.2) is 6.10 Å². The number of benzene rings is 1. The molecule has 1 aromatic carbocycles. The van der Waals surface area contributed by atoms with Crippen LogP contribution in [0.1, 0.15) is 0 Å². The summed E-state index contributed by atoms with van der Waals surface area (Å²) in [5.74, 6) is -0.319. The lowest BCUT2D eigenvalue weighted by Gasteiger charge is -2.37. The fraction of sp³-hybridized carbons (Fsp3) is 0.538.